The molecule has 0 radical (unpaired) electrons. The summed E-state index contributed by atoms with van der Waals surface area (Å²) < 4.78 is 0. The van der Waals surface area contributed by atoms with Crippen molar-refractivity contribution in [3.8, 4) is 0 Å². The van der Waals surface area contributed by atoms with Gasteiger partial charge in [-0.2, -0.15) is 0 Å². The average molecular weight is 367 g/mol. The molecule has 5 heteroatoms. The number of rotatable bonds is 5. The molecule has 1 aliphatic rings. The van der Waals surface area contributed by atoms with Gasteiger partial charge in [0.15, 0.2) is 0 Å². The van der Waals surface area contributed by atoms with E-state index in [1.165, 1.54) is 24.1 Å². The maximum Gasteiger partial charge on any atom is 0.323 e. The number of nitrogens with one attached hydrogen (secondary N) is 2. The lowest BCUT2D eigenvalue weighted by Gasteiger charge is -2.36. The van der Waals surface area contributed by atoms with Gasteiger partial charge in [-0.05, 0) is 81.4 Å². The standard InChI is InChI=1S/C22H30N4O/c1-4-17-5-7-18(8-6-17)23-22(27)24-19-9-11-20(12-10-19)26(3)21-13-15-25(2)16-14-21/h5-12,21H,4,13-16H2,1-3H3,(H2,23,24,27). The summed E-state index contributed by atoms with van der Waals surface area (Å²) in [5, 5.41) is 5.77. The number of benzene rings is 2. The highest BCUT2D eigenvalue weighted by Gasteiger charge is 2.20. The van der Waals surface area contributed by atoms with Crippen LogP contribution < -0.4 is 15.5 Å². The summed E-state index contributed by atoms with van der Waals surface area (Å²) in [6.45, 7) is 4.41. The van der Waals surface area contributed by atoms with Crippen LogP contribution >= 0.6 is 0 Å². The summed E-state index contributed by atoms with van der Waals surface area (Å²) in [4.78, 5) is 16.9. The number of urea groups is 1. The normalized spacial score (nSPS) is 15.4. The highest BCUT2D eigenvalue weighted by Crippen LogP contribution is 2.23. The van der Waals surface area contributed by atoms with Crippen molar-refractivity contribution in [2.24, 2.45) is 0 Å². The van der Waals surface area contributed by atoms with Crippen LogP contribution in [0.15, 0.2) is 48.5 Å². The molecule has 144 valence electrons. The third-order valence-electron chi connectivity index (χ3n) is 5.39. The Hall–Kier alpha value is -2.53. The van der Waals surface area contributed by atoms with Crippen molar-refractivity contribution < 1.29 is 4.79 Å². The van der Waals surface area contributed by atoms with Gasteiger partial charge in [-0.25, -0.2) is 4.79 Å². The first-order chi connectivity index (χ1) is 13.0. The first-order valence-electron chi connectivity index (χ1n) is 9.73. The van der Waals surface area contributed by atoms with E-state index in [-0.39, 0.29) is 6.03 Å². The minimum Gasteiger partial charge on any atom is -0.372 e. The minimum atomic E-state index is -0.226. The fourth-order valence-corrected chi connectivity index (χ4v) is 3.49. The molecule has 2 aromatic rings. The number of nitrogens with zero attached hydrogens (tertiary/aromatic N) is 2. The quantitative estimate of drug-likeness (QED) is 0.823. The SMILES string of the molecule is CCc1ccc(NC(=O)Nc2ccc(N(C)C3CCN(C)CC3)cc2)cc1. The second-order valence-corrected chi connectivity index (χ2v) is 7.32. The van der Waals surface area contributed by atoms with Crippen LogP contribution in [-0.2, 0) is 6.42 Å². The van der Waals surface area contributed by atoms with Crippen LogP contribution in [0.25, 0.3) is 0 Å². The minimum absolute atomic E-state index is 0.226. The molecule has 0 aliphatic carbocycles. The summed E-state index contributed by atoms with van der Waals surface area (Å²) >= 11 is 0. The van der Waals surface area contributed by atoms with Crippen LogP contribution in [0.1, 0.15) is 25.3 Å². The molecule has 27 heavy (non-hydrogen) atoms. The summed E-state index contributed by atoms with van der Waals surface area (Å²) in [5.41, 5.74) is 4.03. The van der Waals surface area contributed by atoms with Crippen molar-refractivity contribution in [3.05, 3.63) is 54.1 Å². The third kappa shape index (κ3) is 5.23. The third-order valence-corrected chi connectivity index (χ3v) is 5.39. The maximum absolute atomic E-state index is 12.2. The van der Waals surface area contributed by atoms with Crippen molar-refractivity contribution in [2.75, 3.05) is 42.7 Å². The molecular formula is C22H30N4O. The Kier molecular flexibility index (Phi) is 6.35. The smallest absolute Gasteiger partial charge is 0.323 e. The van der Waals surface area contributed by atoms with Gasteiger partial charge in [0.2, 0.25) is 0 Å². The fraction of sp³-hybridized carbons (Fsp3) is 0.409. The molecule has 0 aromatic heterocycles. The topological polar surface area (TPSA) is 47.6 Å². The number of aryl methyl sites for hydroxylation is 1. The zero-order valence-corrected chi connectivity index (χ0v) is 16.5. The van der Waals surface area contributed by atoms with E-state index in [4.69, 9.17) is 0 Å². The zero-order valence-electron chi connectivity index (χ0n) is 16.5. The number of carbonyl (C=O) groups excluding carboxylic acids is 1. The van der Waals surface area contributed by atoms with Crippen molar-refractivity contribution in [2.45, 2.75) is 32.2 Å². The van der Waals surface area contributed by atoms with E-state index in [9.17, 15) is 4.79 Å². The number of piperidine rings is 1. The van der Waals surface area contributed by atoms with Gasteiger partial charge in [0, 0.05) is 30.2 Å². The summed E-state index contributed by atoms with van der Waals surface area (Å²) in [6, 6.07) is 16.3. The Balaban J connectivity index is 1.54. The van der Waals surface area contributed by atoms with Gasteiger partial charge in [0.1, 0.15) is 0 Å². The molecule has 5 nitrogen and oxygen atoms in total. The van der Waals surface area contributed by atoms with Gasteiger partial charge < -0.3 is 20.4 Å². The number of carbonyl (C=O) groups is 1. The van der Waals surface area contributed by atoms with E-state index in [2.05, 4.69) is 53.6 Å². The molecule has 0 bridgehead atoms. The van der Waals surface area contributed by atoms with Crippen LogP contribution in [0, 0.1) is 0 Å². The van der Waals surface area contributed by atoms with E-state index in [0.717, 1.165) is 30.9 Å². The number of hydrogen-bond acceptors (Lipinski definition) is 3. The molecule has 1 heterocycles. The Morgan fingerprint density at radius 2 is 1.52 bits per heavy atom. The lowest BCUT2D eigenvalue weighted by Crippen LogP contribution is -2.41. The predicted octanol–water partition coefficient (Wildman–Crippen LogP) is 4.42. The van der Waals surface area contributed by atoms with Crippen molar-refractivity contribution >= 4 is 23.1 Å². The monoisotopic (exact) mass is 366 g/mol. The van der Waals surface area contributed by atoms with Crippen molar-refractivity contribution in [3.63, 3.8) is 0 Å². The van der Waals surface area contributed by atoms with Gasteiger partial charge in [-0.1, -0.05) is 19.1 Å². The van der Waals surface area contributed by atoms with Gasteiger partial charge >= 0.3 is 6.03 Å². The van der Waals surface area contributed by atoms with Crippen molar-refractivity contribution in [1.29, 1.82) is 0 Å². The molecule has 1 saturated heterocycles. The predicted molar refractivity (Wildman–Crippen MR) is 114 cm³/mol. The number of hydrogen-bond donors (Lipinski definition) is 2. The maximum atomic E-state index is 12.2. The summed E-state index contributed by atoms with van der Waals surface area (Å²) in [6.07, 6.45) is 3.36. The molecule has 3 rings (SSSR count). The van der Waals surface area contributed by atoms with Gasteiger partial charge in [0.25, 0.3) is 0 Å². The van der Waals surface area contributed by atoms with Crippen molar-refractivity contribution in [1.82, 2.24) is 4.90 Å². The average Bonchev–Trinajstić information content (AvgIpc) is 2.69. The molecular weight excluding hydrogens is 336 g/mol. The molecule has 2 aromatic carbocycles. The van der Waals surface area contributed by atoms with E-state index in [1.54, 1.807) is 0 Å². The first-order valence-corrected chi connectivity index (χ1v) is 9.73. The lowest BCUT2D eigenvalue weighted by molar-refractivity contribution is 0.253. The Bertz CT molecular complexity index is 734. The lowest BCUT2D eigenvalue weighted by atomic mass is 10.0. The molecule has 2 N–H and O–H groups in total. The molecule has 1 aliphatic heterocycles. The van der Waals surface area contributed by atoms with E-state index in [0.29, 0.717) is 6.04 Å². The second-order valence-electron chi connectivity index (χ2n) is 7.32. The van der Waals surface area contributed by atoms with Crippen LogP contribution in [0.4, 0.5) is 21.9 Å². The van der Waals surface area contributed by atoms with Crippen LogP contribution in [0.3, 0.4) is 0 Å². The first kappa shape index (κ1) is 19.2. The Labute approximate surface area is 162 Å². The zero-order chi connectivity index (χ0) is 19.2. The summed E-state index contributed by atoms with van der Waals surface area (Å²) in [7, 11) is 4.34. The fourth-order valence-electron chi connectivity index (χ4n) is 3.49. The highest BCUT2D eigenvalue weighted by atomic mass is 16.2. The van der Waals surface area contributed by atoms with E-state index < -0.39 is 0 Å². The Morgan fingerprint density at radius 1 is 1.00 bits per heavy atom. The number of amides is 2. The summed E-state index contributed by atoms with van der Waals surface area (Å²) in [5.74, 6) is 0. The molecule has 0 spiro atoms. The van der Waals surface area contributed by atoms with E-state index in [1.807, 2.05) is 36.4 Å². The van der Waals surface area contributed by atoms with Gasteiger partial charge in [-0.3, -0.25) is 0 Å². The second kappa shape index (κ2) is 8.91. The molecule has 0 saturated carbocycles. The van der Waals surface area contributed by atoms with E-state index >= 15 is 0 Å². The largest absolute Gasteiger partial charge is 0.372 e. The number of anilines is 3. The number of likely N-dealkylation sites (tertiary alicyclic amines) is 1. The molecule has 0 unspecified atom stereocenters. The van der Waals surface area contributed by atoms with Gasteiger partial charge in [-0.15, -0.1) is 0 Å². The molecule has 0 atom stereocenters. The van der Waals surface area contributed by atoms with Crippen LogP contribution in [0.2, 0.25) is 0 Å². The van der Waals surface area contributed by atoms with Gasteiger partial charge in [0.05, 0.1) is 0 Å². The van der Waals surface area contributed by atoms with Crippen LogP contribution in [0.5, 0.6) is 0 Å². The molecule has 1 fully saturated rings. The Morgan fingerprint density at radius 3 is 2.04 bits per heavy atom. The van der Waals surface area contributed by atoms with Crippen LogP contribution in [-0.4, -0.2) is 44.2 Å². The highest BCUT2D eigenvalue weighted by molar-refractivity contribution is 5.99. The molecule has 2 amide bonds.